The molecule has 182 valence electrons. The molecule has 2 aromatic rings. The fraction of sp³-hybridized carbons (Fsp3) is 0.538. The molecular weight excluding hydrogens is 440 g/mol. The molecule has 3 rings (SSSR count). The van der Waals surface area contributed by atoms with E-state index in [4.69, 9.17) is 0 Å². The Bertz CT molecular complexity index is 859. The lowest BCUT2D eigenvalue weighted by Gasteiger charge is -2.38. The Balaban J connectivity index is 1.56. The first-order valence-electron chi connectivity index (χ1n) is 11.4. The van der Waals surface area contributed by atoms with Crippen LogP contribution >= 0.6 is 0 Å². The summed E-state index contributed by atoms with van der Waals surface area (Å²) in [6, 6.07) is 17.9. The van der Waals surface area contributed by atoms with E-state index >= 15 is 0 Å². The van der Waals surface area contributed by atoms with E-state index in [9.17, 15) is 26.3 Å². The van der Waals surface area contributed by atoms with Crippen molar-refractivity contribution in [2.45, 2.75) is 69.9 Å². The van der Waals surface area contributed by atoms with Gasteiger partial charge in [-0.05, 0) is 68.7 Å². The number of alkyl halides is 6. The van der Waals surface area contributed by atoms with Crippen LogP contribution in [-0.2, 0) is 13.0 Å². The molecule has 7 heteroatoms. The van der Waals surface area contributed by atoms with E-state index in [2.05, 4.69) is 31.0 Å². The summed E-state index contributed by atoms with van der Waals surface area (Å²) in [6.07, 6.45) is -8.78. The van der Waals surface area contributed by atoms with Crippen LogP contribution < -0.4 is 0 Å². The molecule has 0 bridgehead atoms. The van der Waals surface area contributed by atoms with Gasteiger partial charge in [-0.25, -0.2) is 0 Å². The van der Waals surface area contributed by atoms with Crippen LogP contribution in [0.15, 0.2) is 54.6 Å². The van der Waals surface area contributed by atoms with Gasteiger partial charge in [0.15, 0.2) is 0 Å². The molecule has 4 unspecified atom stereocenters. The number of hydrogen-bond acceptors (Lipinski definition) is 1. The summed E-state index contributed by atoms with van der Waals surface area (Å²) >= 11 is 0. The first-order chi connectivity index (χ1) is 15.4. The zero-order chi connectivity index (χ0) is 24.2. The van der Waals surface area contributed by atoms with Crippen molar-refractivity contribution in [2.75, 3.05) is 7.05 Å². The summed E-state index contributed by atoms with van der Waals surface area (Å²) in [5, 5.41) is 0. The van der Waals surface area contributed by atoms with E-state index in [1.54, 1.807) is 12.1 Å². The normalized spacial score (nSPS) is 23.0. The molecule has 1 aliphatic rings. The SMILES string of the molecule is CC(CCc1ccc(C2CCC(C(F)(F)F)C(C(F)(F)F)C2)cc1)N(C)Cc1ccccc1. The van der Waals surface area contributed by atoms with Crippen LogP contribution in [0.4, 0.5) is 26.3 Å². The predicted molar refractivity (Wildman–Crippen MR) is 118 cm³/mol. The minimum atomic E-state index is -4.85. The van der Waals surface area contributed by atoms with Crippen molar-refractivity contribution < 1.29 is 26.3 Å². The average Bonchev–Trinajstić information content (AvgIpc) is 2.77. The number of nitrogens with zero attached hydrogens (tertiary/aromatic N) is 1. The van der Waals surface area contributed by atoms with Gasteiger partial charge in [0.1, 0.15) is 0 Å². The van der Waals surface area contributed by atoms with Crippen molar-refractivity contribution in [1.29, 1.82) is 0 Å². The Hall–Kier alpha value is -2.02. The molecule has 0 spiro atoms. The third-order valence-electron chi connectivity index (χ3n) is 7.02. The van der Waals surface area contributed by atoms with Crippen molar-refractivity contribution in [3.63, 3.8) is 0 Å². The second kappa shape index (κ2) is 10.5. The smallest absolute Gasteiger partial charge is 0.299 e. The van der Waals surface area contributed by atoms with E-state index < -0.39 is 42.9 Å². The topological polar surface area (TPSA) is 3.24 Å². The molecule has 0 aliphatic heterocycles. The monoisotopic (exact) mass is 471 g/mol. The first-order valence-corrected chi connectivity index (χ1v) is 11.4. The predicted octanol–water partition coefficient (Wildman–Crippen LogP) is 7.76. The Morgan fingerprint density at radius 1 is 0.818 bits per heavy atom. The summed E-state index contributed by atoms with van der Waals surface area (Å²) < 4.78 is 79.4. The number of hydrogen-bond donors (Lipinski definition) is 0. The molecular formula is C26H31F6N. The van der Waals surface area contributed by atoms with Gasteiger partial charge in [-0.2, -0.15) is 26.3 Å². The van der Waals surface area contributed by atoms with Crippen LogP contribution in [0, 0.1) is 11.8 Å². The van der Waals surface area contributed by atoms with Gasteiger partial charge in [0, 0.05) is 12.6 Å². The van der Waals surface area contributed by atoms with E-state index in [1.807, 2.05) is 30.3 Å². The van der Waals surface area contributed by atoms with Crippen molar-refractivity contribution >= 4 is 0 Å². The fourth-order valence-corrected chi connectivity index (χ4v) is 4.81. The molecule has 1 saturated carbocycles. The van der Waals surface area contributed by atoms with Crippen LogP contribution in [0.3, 0.4) is 0 Å². The van der Waals surface area contributed by atoms with Gasteiger partial charge < -0.3 is 0 Å². The second-order valence-electron chi connectivity index (χ2n) is 9.34. The fourth-order valence-electron chi connectivity index (χ4n) is 4.81. The maximum Gasteiger partial charge on any atom is 0.392 e. The third kappa shape index (κ3) is 6.98. The summed E-state index contributed by atoms with van der Waals surface area (Å²) in [7, 11) is 2.08. The molecule has 0 N–H and O–H groups in total. The number of benzene rings is 2. The quantitative estimate of drug-likeness (QED) is 0.373. The maximum atomic E-state index is 13.3. The van der Waals surface area contributed by atoms with Crippen molar-refractivity contribution in [3.8, 4) is 0 Å². The standard InChI is InChI=1S/C26H31F6N/c1-18(33(2)17-20-6-4-3-5-7-20)8-9-19-10-12-21(13-11-19)22-14-15-23(25(27,28)29)24(16-22)26(30,31)32/h3-7,10-13,18,22-24H,8-9,14-17H2,1-2H3. The van der Waals surface area contributed by atoms with Crippen molar-refractivity contribution in [1.82, 2.24) is 4.90 Å². The highest BCUT2D eigenvalue weighted by atomic mass is 19.4. The van der Waals surface area contributed by atoms with Gasteiger partial charge in [0.2, 0.25) is 0 Å². The zero-order valence-corrected chi connectivity index (χ0v) is 19.0. The molecule has 0 saturated heterocycles. The molecule has 33 heavy (non-hydrogen) atoms. The molecule has 0 heterocycles. The second-order valence-corrected chi connectivity index (χ2v) is 9.34. The van der Waals surface area contributed by atoms with Crippen molar-refractivity contribution in [3.05, 3.63) is 71.3 Å². The average molecular weight is 472 g/mol. The Morgan fingerprint density at radius 2 is 1.42 bits per heavy atom. The highest BCUT2D eigenvalue weighted by molar-refractivity contribution is 5.26. The van der Waals surface area contributed by atoms with Crippen LogP contribution in [0.2, 0.25) is 0 Å². The number of aryl methyl sites for hydroxylation is 1. The number of rotatable bonds is 7. The summed E-state index contributed by atoms with van der Waals surface area (Å²) in [4.78, 5) is 2.28. The highest BCUT2D eigenvalue weighted by Gasteiger charge is 2.56. The molecule has 0 radical (unpaired) electrons. The lowest BCUT2D eigenvalue weighted by molar-refractivity contribution is -0.263. The molecule has 1 aliphatic carbocycles. The van der Waals surface area contributed by atoms with Gasteiger partial charge >= 0.3 is 12.4 Å². The van der Waals surface area contributed by atoms with Gasteiger partial charge in [0.25, 0.3) is 0 Å². The summed E-state index contributed by atoms with van der Waals surface area (Å²) in [5.41, 5.74) is 3.02. The van der Waals surface area contributed by atoms with Crippen LogP contribution in [0.1, 0.15) is 55.2 Å². The Kier molecular flexibility index (Phi) is 8.14. The molecule has 4 atom stereocenters. The van der Waals surface area contributed by atoms with Crippen LogP contribution in [0.5, 0.6) is 0 Å². The zero-order valence-electron chi connectivity index (χ0n) is 19.0. The lowest BCUT2D eigenvalue weighted by Crippen LogP contribution is -2.42. The molecule has 0 aromatic heterocycles. The van der Waals surface area contributed by atoms with E-state index in [-0.39, 0.29) is 6.42 Å². The largest absolute Gasteiger partial charge is 0.392 e. The number of halogens is 6. The van der Waals surface area contributed by atoms with Crippen LogP contribution in [0.25, 0.3) is 0 Å². The highest BCUT2D eigenvalue weighted by Crippen LogP contribution is 2.52. The van der Waals surface area contributed by atoms with Crippen LogP contribution in [-0.4, -0.2) is 30.3 Å². The van der Waals surface area contributed by atoms with E-state index in [1.165, 1.54) is 5.56 Å². The Labute approximate surface area is 191 Å². The van der Waals surface area contributed by atoms with Gasteiger partial charge in [-0.15, -0.1) is 0 Å². The minimum absolute atomic E-state index is 0.122. The third-order valence-corrected chi connectivity index (χ3v) is 7.02. The van der Waals surface area contributed by atoms with E-state index in [0.717, 1.165) is 24.9 Å². The van der Waals surface area contributed by atoms with Gasteiger partial charge in [-0.1, -0.05) is 54.6 Å². The molecule has 1 nitrogen and oxygen atoms in total. The Morgan fingerprint density at radius 3 is 2.00 bits per heavy atom. The molecule has 2 aromatic carbocycles. The van der Waals surface area contributed by atoms with Gasteiger partial charge in [0.05, 0.1) is 11.8 Å². The first kappa shape index (κ1) is 25.6. The summed E-state index contributed by atoms with van der Waals surface area (Å²) in [5.74, 6) is -5.14. The minimum Gasteiger partial charge on any atom is -0.299 e. The summed E-state index contributed by atoms with van der Waals surface area (Å²) in [6.45, 7) is 3.01. The lowest BCUT2D eigenvalue weighted by atomic mass is 9.71. The van der Waals surface area contributed by atoms with Gasteiger partial charge in [-0.3, -0.25) is 4.90 Å². The maximum absolute atomic E-state index is 13.3. The van der Waals surface area contributed by atoms with E-state index in [0.29, 0.717) is 11.6 Å². The van der Waals surface area contributed by atoms with Crippen molar-refractivity contribution in [2.24, 2.45) is 11.8 Å². The molecule has 0 amide bonds. The molecule has 1 fully saturated rings.